The van der Waals surface area contributed by atoms with E-state index in [2.05, 4.69) is 0 Å². The van der Waals surface area contributed by atoms with Crippen LogP contribution in [0.25, 0.3) is 0 Å². The lowest BCUT2D eigenvalue weighted by Crippen LogP contribution is -2.38. The maximum Gasteiger partial charge on any atom is 0.310 e. The second kappa shape index (κ2) is 6.93. The van der Waals surface area contributed by atoms with Crippen molar-refractivity contribution in [2.24, 2.45) is 0 Å². The molecule has 1 fully saturated rings. The number of hydrogen-bond donors (Lipinski definition) is 1. The lowest BCUT2D eigenvalue weighted by molar-refractivity contribution is -0.151. The number of benzene rings is 1. The lowest BCUT2D eigenvalue weighted by atomic mass is 10.1. The van der Waals surface area contributed by atoms with Gasteiger partial charge in [-0.2, -0.15) is 0 Å². The van der Waals surface area contributed by atoms with Gasteiger partial charge in [0.2, 0.25) is 0 Å². The number of carbonyl (C=O) groups excluding carboxylic acids is 2. The van der Waals surface area contributed by atoms with Gasteiger partial charge in [-0.1, -0.05) is 12.1 Å². The highest BCUT2D eigenvalue weighted by atomic mass is 16.5. The van der Waals surface area contributed by atoms with E-state index in [1.807, 2.05) is 6.07 Å². The van der Waals surface area contributed by atoms with Gasteiger partial charge in [0.25, 0.3) is 5.91 Å². The van der Waals surface area contributed by atoms with Crippen LogP contribution >= 0.6 is 0 Å². The van der Waals surface area contributed by atoms with Crippen molar-refractivity contribution < 1.29 is 14.3 Å². The minimum atomic E-state index is -0.402. The van der Waals surface area contributed by atoms with Crippen molar-refractivity contribution in [1.82, 2.24) is 4.90 Å². The molecule has 0 unspecified atom stereocenters. The second-order valence-corrected chi connectivity index (χ2v) is 5.02. The monoisotopic (exact) mass is 276 g/mol. The zero-order valence-corrected chi connectivity index (χ0v) is 11.5. The van der Waals surface area contributed by atoms with Crippen LogP contribution in [0, 0.1) is 0 Å². The summed E-state index contributed by atoms with van der Waals surface area (Å²) in [5.74, 6) is -0.508. The van der Waals surface area contributed by atoms with E-state index in [1.165, 1.54) is 6.42 Å². The summed E-state index contributed by atoms with van der Waals surface area (Å²) in [6.45, 7) is 1.37. The molecule has 0 aromatic heterocycles. The first-order chi connectivity index (χ1) is 9.65. The van der Waals surface area contributed by atoms with Crippen molar-refractivity contribution in [3.8, 4) is 0 Å². The van der Waals surface area contributed by atoms with Crippen LogP contribution in [-0.2, 0) is 20.7 Å². The molecule has 5 nitrogen and oxygen atoms in total. The topological polar surface area (TPSA) is 72.6 Å². The summed E-state index contributed by atoms with van der Waals surface area (Å²) in [4.78, 5) is 25.3. The summed E-state index contributed by atoms with van der Waals surface area (Å²) in [5.41, 5.74) is 7.04. The van der Waals surface area contributed by atoms with Gasteiger partial charge >= 0.3 is 5.97 Å². The van der Waals surface area contributed by atoms with Crippen molar-refractivity contribution in [2.75, 3.05) is 25.4 Å². The molecule has 2 rings (SSSR count). The average molecular weight is 276 g/mol. The Morgan fingerprint density at radius 2 is 1.95 bits per heavy atom. The van der Waals surface area contributed by atoms with Crippen LogP contribution in [0.1, 0.15) is 24.8 Å². The second-order valence-electron chi connectivity index (χ2n) is 5.02. The Bertz CT molecular complexity index is 482. The summed E-state index contributed by atoms with van der Waals surface area (Å²) in [6.07, 6.45) is 3.36. The minimum absolute atomic E-state index is 0.106. The third-order valence-corrected chi connectivity index (χ3v) is 3.36. The highest BCUT2D eigenvalue weighted by Gasteiger charge is 2.17. The zero-order chi connectivity index (χ0) is 14.4. The summed E-state index contributed by atoms with van der Waals surface area (Å²) >= 11 is 0. The molecule has 1 aliphatic heterocycles. The predicted octanol–water partition coefficient (Wildman–Crippen LogP) is 1.37. The van der Waals surface area contributed by atoms with Crippen LogP contribution in [0.15, 0.2) is 24.3 Å². The number of rotatable bonds is 4. The number of hydrogen-bond acceptors (Lipinski definition) is 4. The highest BCUT2D eigenvalue weighted by Crippen LogP contribution is 2.10. The van der Waals surface area contributed by atoms with Crippen molar-refractivity contribution in [3.05, 3.63) is 29.8 Å². The quantitative estimate of drug-likeness (QED) is 0.666. The summed E-state index contributed by atoms with van der Waals surface area (Å²) in [5, 5.41) is 0. The van der Waals surface area contributed by atoms with E-state index in [-0.39, 0.29) is 18.9 Å². The fourth-order valence-corrected chi connectivity index (χ4v) is 2.30. The molecule has 0 radical (unpaired) electrons. The van der Waals surface area contributed by atoms with Crippen LogP contribution in [-0.4, -0.2) is 36.5 Å². The van der Waals surface area contributed by atoms with Crippen LogP contribution < -0.4 is 5.73 Å². The number of nitrogens with two attached hydrogens (primary N) is 1. The van der Waals surface area contributed by atoms with Gasteiger partial charge < -0.3 is 15.4 Å². The number of ether oxygens (including phenoxy) is 1. The molecule has 108 valence electrons. The van der Waals surface area contributed by atoms with Gasteiger partial charge in [0.05, 0.1) is 6.42 Å². The Labute approximate surface area is 118 Å². The standard InChI is InChI=1S/C15H20N2O3/c16-13-6-4-5-12(9-13)10-15(19)20-11-14(18)17-7-2-1-3-8-17/h4-6,9H,1-3,7-8,10-11,16H2. The molecular weight excluding hydrogens is 256 g/mol. The summed E-state index contributed by atoms with van der Waals surface area (Å²) in [6, 6.07) is 7.09. The summed E-state index contributed by atoms with van der Waals surface area (Å²) < 4.78 is 5.03. The highest BCUT2D eigenvalue weighted by molar-refractivity contribution is 5.81. The van der Waals surface area contributed by atoms with Gasteiger partial charge in [0, 0.05) is 18.8 Å². The van der Waals surface area contributed by atoms with E-state index in [0.29, 0.717) is 5.69 Å². The van der Waals surface area contributed by atoms with Gasteiger partial charge in [0.1, 0.15) is 0 Å². The van der Waals surface area contributed by atoms with Gasteiger partial charge in [0.15, 0.2) is 6.61 Å². The molecule has 20 heavy (non-hydrogen) atoms. The van der Waals surface area contributed by atoms with E-state index >= 15 is 0 Å². The Morgan fingerprint density at radius 3 is 2.65 bits per heavy atom. The molecule has 5 heteroatoms. The average Bonchev–Trinajstić information content (AvgIpc) is 2.46. The smallest absolute Gasteiger partial charge is 0.310 e. The molecular formula is C15H20N2O3. The van der Waals surface area contributed by atoms with E-state index in [1.54, 1.807) is 23.1 Å². The SMILES string of the molecule is Nc1cccc(CC(=O)OCC(=O)N2CCCCC2)c1. The fraction of sp³-hybridized carbons (Fsp3) is 0.467. The van der Waals surface area contributed by atoms with Crippen LogP contribution in [0.4, 0.5) is 5.69 Å². The number of likely N-dealkylation sites (tertiary alicyclic amines) is 1. The Kier molecular flexibility index (Phi) is 4.98. The molecule has 0 aliphatic carbocycles. The molecule has 1 heterocycles. The molecule has 0 spiro atoms. The summed E-state index contributed by atoms with van der Waals surface area (Å²) in [7, 11) is 0. The Morgan fingerprint density at radius 1 is 1.20 bits per heavy atom. The molecule has 1 amide bonds. The van der Waals surface area contributed by atoms with Crippen molar-refractivity contribution >= 4 is 17.6 Å². The number of nitrogen functional groups attached to an aromatic ring is 1. The number of anilines is 1. The number of esters is 1. The molecule has 2 N–H and O–H groups in total. The minimum Gasteiger partial charge on any atom is -0.455 e. The fourth-order valence-electron chi connectivity index (χ4n) is 2.30. The first kappa shape index (κ1) is 14.4. The molecule has 0 atom stereocenters. The lowest BCUT2D eigenvalue weighted by Gasteiger charge is -2.26. The third kappa shape index (κ3) is 4.26. The molecule has 1 aromatic carbocycles. The van der Waals surface area contributed by atoms with E-state index in [0.717, 1.165) is 31.5 Å². The molecule has 1 aliphatic rings. The normalized spacial score (nSPS) is 14.9. The van der Waals surface area contributed by atoms with Crippen molar-refractivity contribution in [3.63, 3.8) is 0 Å². The van der Waals surface area contributed by atoms with Gasteiger partial charge in [-0.3, -0.25) is 9.59 Å². The predicted molar refractivity (Wildman–Crippen MR) is 75.9 cm³/mol. The third-order valence-electron chi connectivity index (χ3n) is 3.36. The maximum atomic E-state index is 11.8. The van der Waals surface area contributed by atoms with Gasteiger partial charge in [-0.25, -0.2) is 0 Å². The largest absolute Gasteiger partial charge is 0.455 e. The Balaban J connectivity index is 1.75. The van der Waals surface area contributed by atoms with E-state index in [4.69, 9.17) is 10.5 Å². The number of nitrogens with zero attached hydrogens (tertiary/aromatic N) is 1. The van der Waals surface area contributed by atoms with Crippen molar-refractivity contribution in [2.45, 2.75) is 25.7 Å². The molecule has 1 aromatic rings. The van der Waals surface area contributed by atoms with E-state index < -0.39 is 5.97 Å². The van der Waals surface area contributed by atoms with Crippen LogP contribution in [0.5, 0.6) is 0 Å². The molecule has 0 bridgehead atoms. The van der Waals surface area contributed by atoms with Crippen LogP contribution in [0.3, 0.4) is 0 Å². The number of carbonyl (C=O) groups is 2. The van der Waals surface area contributed by atoms with Gasteiger partial charge in [-0.15, -0.1) is 0 Å². The van der Waals surface area contributed by atoms with Gasteiger partial charge in [-0.05, 0) is 37.0 Å². The van der Waals surface area contributed by atoms with Crippen molar-refractivity contribution in [1.29, 1.82) is 0 Å². The number of amides is 1. The first-order valence-electron chi connectivity index (χ1n) is 6.93. The van der Waals surface area contributed by atoms with E-state index in [9.17, 15) is 9.59 Å². The molecule has 1 saturated heterocycles. The van der Waals surface area contributed by atoms with Crippen LogP contribution in [0.2, 0.25) is 0 Å². The number of piperidine rings is 1. The zero-order valence-electron chi connectivity index (χ0n) is 11.5. The first-order valence-corrected chi connectivity index (χ1v) is 6.93. The maximum absolute atomic E-state index is 11.8. The molecule has 0 saturated carbocycles. The Hall–Kier alpha value is -2.04.